The Labute approximate surface area is 132 Å². The lowest BCUT2D eigenvalue weighted by Crippen LogP contribution is -2.31. The van der Waals surface area contributed by atoms with Crippen molar-refractivity contribution in [2.45, 2.75) is 32.3 Å². The number of nitrogens with zero attached hydrogens (tertiary/aromatic N) is 1. The smallest absolute Gasteiger partial charge is 0.338 e. The van der Waals surface area contributed by atoms with Crippen molar-refractivity contribution in [1.82, 2.24) is 4.90 Å². The second-order valence-electron chi connectivity index (χ2n) is 6.30. The van der Waals surface area contributed by atoms with Gasteiger partial charge in [0.2, 0.25) is 5.91 Å². The van der Waals surface area contributed by atoms with Gasteiger partial charge in [-0.2, -0.15) is 21.6 Å². The average molecular weight is 350 g/mol. The first-order chi connectivity index (χ1) is 10.4. The molecule has 0 spiro atoms. The zero-order valence-corrected chi connectivity index (χ0v) is 13.5. The molecule has 2 rings (SSSR count). The fourth-order valence-electron chi connectivity index (χ4n) is 2.49. The number of para-hydroxylation sites is 1. The Morgan fingerprint density at radius 2 is 1.87 bits per heavy atom. The molecule has 0 radical (unpaired) electrons. The van der Waals surface area contributed by atoms with E-state index < -0.39 is 15.5 Å². The molecule has 1 aliphatic heterocycles. The number of benzene rings is 1. The van der Waals surface area contributed by atoms with Crippen LogP contribution in [0.5, 0.6) is 0 Å². The second-order valence-corrected chi connectivity index (χ2v) is 7.97. The first-order valence-corrected chi connectivity index (χ1v) is 8.34. The van der Waals surface area contributed by atoms with E-state index in [2.05, 4.69) is 0 Å². The minimum Gasteiger partial charge on any atom is -0.338 e. The zero-order valence-electron chi connectivity index (χ0n) is 12.6. The van der Waals surface area contributed by atoms with Crippen molar-refractivity contribution in [3.05, 3.63) is 29.8 Å². The van der Waals surface area contributed by atoms with E-state index in [0.29, 0.717) is 18.5 Å². The van der Waals surface area contributed by atoms with Gasteiger partial charge in [-0.25, -0.2) is 0 Å². The number of amides is 1. The summed E-state index contributed by atoms with van der Waals surface area (Å²) in [5.41, 5.74) is -5.48. The van der Waals surface area contributed by atoms with Crippen LogP contribution in [0.1, 0.15) is 25.8 Å². The summed E-state index contributed by atoms with van der Waals surface area (Å²) in [6, 6.07) is 5.73. The number of sulfonamides is 1. The molecule has 0 aliphatic carbocycles. The van der Waals surface area contributed by atoms with Gasteiger partial charge in [0.25, 0.3) is 0 Å². The Kier molecular flexibility index (Phi) is 4.36. The van der Waals surface area contributed by atoms with Crippen molar-refractivity contribution in [2.75, 3.05) is 11.3 Å². The molecule has 1 amide bonds. The standard InChI is InChI=1S/C14H17F3N2O3S/c1-13(2)7-12(20)19(9-13)8-10-5-3-4-6-11(10)18-23(21,22)14(15,16)17/h3-6,18H,7-9H2,1-2H3. The van der Waals surface area contributed by atoms with Gasteiger partial charge in [-0.05, 0) is 17.0 Å². The molecule has 0 bridgehead atoms. The molecule has 1 aliphatic rings. The number of halogens is 3. The van der Waals surface area contributed by atoms with Crippen molar-refractivity contribution in [2.24, 2.45) is 5.41 Å². The van der Waals surface area contributed by atoms with Crippen molar-refractivity contribution in [3.63, 3.8) is 0 Å². The van der Waals surface area contributed by atoms with Crippen LogP contribution in [0.2, 0.25) is 0 Å². The van der Waals surface area contributed by atoms with E-state index in [9.17, 15) is 26.4 Å². The van der Waals surface area contributed by atoms with Gasteiger partial charge in [0.15, 0.2) is 0 Å². The van der Waals surface area contributed by atoms with Crippen LogP contribution < -0.4 is 4.72 Å². The number of alkyl halides is 3. The van der Waals surface area contributed by atoms with Crippen LogP contribution in [0.15, 0.2) is 24.3 Å². The fraction of sp³-hybridized carbons (Fsp3) is 0.500. The summed E-state index contributed by atoms with van der Waals surface area (Å²) in [4.78, 5) is 13.5. The number of hydrogen-bond donors (Lipinski definition) is 1. The van der Waals surface area contributed by atoms with E-state index in [4.69, 9.17) is 0 Å². The normalized spacial score (nSPS) is 18.3. The molecule has 1 fully saturated rings. The lowest BCUT2D eigenvalue weighted by atomic mass is 9.93. The number of hydrogen-bond acceptors (Lipinski definition) is 3. The summed E-state index contributed by atoms with van der Waals surface area (Å²) in [6.07, 6.45) is 0.351. The van der Waals surface area contributed by atoms with E-state index in [1.807, 2.05) is 13.8 Å². The van der Waals surface area contributed by atoms with Crippen LogP contribution in [0.3, 0.4) is 0 Å². The minimum atomic E-state index is -5.50. The maximum absolute atomic E-state index is 12.5. The molecule has 1 aromatic rings. The number of rotatable bonds is 4. The monoisotopic (exact) mass is 350 g/mol. The molecule has 0 aromatic heterocycles. The Morgan fingerprint density at radius 1 is 1.26 bits per heavy atom. The van der Waals surface area contributed by atoms with Crippen LogP contribution in [-0.4, -0.2) is 31.3 Å². The summed E-state index contributed by atoms with van der Waals surface area (Å²) in [5.74, 6) is -0.108. The maximum Gasteiger partial charge on any atom is 0.516 e. The molecule has 1 heterocycles. The molecular formula is C14H17F3N2O3S. The quantitative estimate of drug-likeness (QED) is 0.908. The molecule has 9 heteroatoms. The zero-order chi connectivity index (χ0) is 17.5. The van der Waals surface area contributed by atoms with E-state index in [1.54, 1.807) is 10.8 Å². The molecule has 1 saturated heterocycles. The summed E-state index contributed by atoms with van der Waals surface area (Å²) >= 11 is 0. The molecular weight excluding hydrogens is 333 g/mol. The highest BCUT2D eigenvalue weighted by Crippen LogP contribution is 2.33. The van der Waals surface area contributed by atoms with Gasteiger partial charge in [0.1, 0.15) is 0 Å². The Balaban J connectivity index is 2.24. The number of nitrogens with one attached hydrogen (secondary N) is 1. The first-order valence-electron chi connectivity index (χ1n) is 6.86. The summed E-state index contributed by atoms with van der Waals surface area (Å²) in [6.45, 7) is 4.36. The Morgan fingerprint density at radius 3 is 2.39 bits per heavy atom. The van der Waals surface area contributed by atoms with Gasteiger partial charge in [-0.3, -0.25) is 9.52 Å². The Bertz CT molecular complexity index is 714. The van der Waals surface area contributed by atoms with Gasteiger partial charge in [0.05, 0.1) is 5.69 Å². The molecule has 1 aromatic carbocycles. The van der Waals surface area contributed by atoms with E-state index in [1.165, 1.54) is 23.1 Å². The SMILES string of the molecule is CC1(C)CC(=O)N(Cc2ccccc2NS(=O)(=O)C(F)(F)F)C1. The van der Waals surface area contributed by atoms with Crippen LogP contribution in [0, 0.1) is 5.41 Å². The van der Waals surface area contributed by atoms with E-state index in [-0.39, 0.29) is 23.6 Å². The van der Waals surface area contributed by atoms with Crippen LogP contribution in [0.25, 0.3) is 0 Å². The highest BCUT2D eigenvalue weighted by Gasteiger charge is 2.46. The third-order valence-electron chi connectivity index (χ3n) is 3.53. The third kappa shape index (κ3) is 3.95. The Hall–Kier alpha value is -1.77. The van der Waals surface area contributed by atoms with Gasteiger partial charge in [-0.1, -0.05) is 32.0 Å². The average Bonchev–Trinajstić information content (AvgIpc) is 2.63. The molecule has 128 valence electrons. The van der Waals surface area contributed by atoms with Crippen molar-refractivity contribution < 1.29 is 26.4 Å². The molecule has 0 unspecified atom stereocenters. The van der Waals surface area contributed by atoms with E-state index >= 15 is 0 Å². The van der Waals surface area contributed by atoms with Gasteiger partial charge < -0.3 is 4.90 Å². The van der Waals surface area contributed by atoms with Gasteiger partial charge in [-0.15, -0.1) is 0 Å². The highest BCUT2D eigenvalue weighted by atomic mass is 32.2. The number of carbonyl (C=O) groups excluding carboxylic acids is 1. The second kappa shape index (κ2) is 5.70. The van der Waals surface area contributed by atoms with Crippen molar-refractivity contribution >= 4 is 21.6 Å². The summed E-state index contributed by atoms with van der Waals surface area (Å²) in [5, 5.41) is 0. The predicted octanol–water partition coefficient (Wildman–Crippen LogP) is 2.71. The fourth-order valence-corrected chi connectivity index (χ4v) is 3.10. The number of carbonyl (C=O) groups is 1. The lowest BCUT2D eigenvalue weighted by Gasteiger charge is -2.21. The van der Waals surface area contributed by atoms with Crippen molar-refractivity contribution in [1.29, 1.82) is 0 Å². The number of likely N-dealkylation sites (tertiary alicyclic amines) is 1. The van der Waals surface area contributed by atoms with Gasteiger partial charge >= 0.3 is 15.5 Å². The molecule has 1 N–H and O–H groups in total. The topological polar surface area (TPSA) is 66.5 Å². The van der Waals surface area contributed by atoms with Crippen LogP contribution >= 0.6 is 0 Å². The molecule has 5 nitrogen and oxygen atoms in total. The van der Waals surface area contributed by atoms with Crippen LogP contribution in [-0.2, 0) is 21.4 Å². The largest absolute Gasteiger partial charge is 0.516 e. The molecule has 0 saturated carbocycles. The molecule has 0 atom stereocenters. The predicted molar refractivity (Wildman–Crippen MR) is 78.9 cm³/mol. The number of anilines is 1. The summed E-state index contributed by atoms with van der Waals surface area (Å²) < 4.78 is 61.6. The maximum atomic E-state index is 12.5. The summed E-state index contributed by atoms with van der Waals surface area (Å²) in [7, 11) is -5.50. The minimum absolute atomic E-state index is 0.0544. The first kappa shape index (κ1) is 17.6. The van der Waals surface area contributed by atoms with Crippen LogP contribution in [0.4, 0.5) is 18.9 Å². The third-order valence-corrected chi connectivity index (χ3v) is 4.63. The van der Waals surface area contributed by atoms with E-state index in [0.717, 1.165) is 0 Å². The lowest BCUT2D eigenvalue weighted by molar-refractivity contribution is -0.128. The van der Waals surface area contributed by atoms with Crippen molar-refractivity contribution in [3.8, 4) is 0 Å². The van der Waals surface area contributed by atoms with Gasteiger partial charge in [0, 0.05) is 19.5 Å². The molecule has 23 heavy (non-hydrogen) atoms. The highest BCUT2D eigenvalue weighted by molar-refractivity contribution is 7.93.